The molecule has 4 aromatic rings. The van der Waals surface area contributed by atoms with Crippen LogP contribution in [0.15, 0.2) is 73.1 Å². The van der Waals surface area contributed by atoms with Gasteiger partial charge in [-0.2, -0.15) is 9.97 Å². The van der Waals surface area contributed by atoms with Crippen molar-refractivity contribution in [2.75, 3.05) is 7.11 Å². The number of aromatic nitrogens is 2. The molecule has 0 atom stereocenters. The van der Waals surface area contributed by atoms with Gasteiger partial charge in [0.2, 0.25) is 0 Å². The van der Waals surface area contributed by atoms with Crippen LogP contribution in [0.25, 0.3) is 10.8 Å². The number of nitrogens with zero attached hydrogens (tertiary/aromatic N) is 3. The van der Waals surface area contributed by atoms with Gasteiger partial charge in [0.05, 0.1) is 12.0 Å². The molecule has 0 radical (unpaired) electrons. The van der Waals surface area contributed by atoms with E-state index in [4.69, 9.17) is 14.2 Å². The highest BCUT2D eigenvalue weighted by molar-refractivity contribution is 5.88. The van der Waals surface area contributed by atoms with Gasteiger partial charge in [0.25, 0.3) is 0 Å². The lowest BCUT2D eigenvalue weighted by molar-refractivity contribution is -0.387. The van der Waals surface area contributed by atoms with E-state index in [1.807, 2.05) is 30.3 Å². The van der Waals surface area contributed by atoms with Crippen LogP contribution in [0.3, 0.4) is 0 Å². The summed E-state index contributed by atoms with van der Waals surface area (Å²) >= 11 is 0. The summed E-state index contributed by atoms with van der Waals surface area (Å²) in [5, 5.41) is 13.5. The highest BCUT2D eigenvalue weighted by Crippen LogP contribution is 2.39. The molecule has 4 rings (SSSR count). The number of hydrogen-bond acceptors (Lipinski definition) is 7. The van der Waals surface area contributed by atoms with E-state index >= 15 is 0 Å². The summed E-state index contributed by atoms with van der Waals surface area (Å²) in [5.41, 5.74) is -0.462. The van der Waals surface area contributed by atoms with Crippen molar-refractivity contribution in [3.63, 3.8) is 0 Å². The first kappa shape index (κ1) is 18.2. The molecule has 0 bridgehead atoms. The first-order chi connectivity index (χ1) is 14.2. The first-order valence-corrected chi connectivity index (χ1v) is 8.62. The fourth-order valence-electron chi connectivity index (χ4n) is 2.80. The summed E-state index contributed by atoms with van der Waals surface area (Å²) in [6, 6.07) is 19.6. The molecule has 144 valence electrons. The van der Waals surface area contributed by atoms with E-state index in [-0.39, 0.29) is 11.8 Å². The van der Waals surface area contributed by atoms with Crippen LogP contribution in [-0.4, -0.2) is 22.0 Å². The van der Waals surface area contributed by atoms with Crippen LogP contribution in [0.4, 0.5) is 5.69 Å². The SMILES string of the molecule is COc1ccc(Oc2ncnc(Oc3cccc4ccccc34)c2[N+](=O)[O-])cc1. The highest BCUT2D eigenvalue weighted by Gasteiger charge is 2.27. The molecule has 0 spiro atoms. The second kappa shape index (κ2) is 7.81. The fraction of sp³-hybridized carbons (Fsp3) is 0.0476. The van der Waals surface area contributed by atoms with Gasteiger partial charge in [0.15, 0.2) is 0 Å². The number of methoxy groups -OCH3 is 1. The maximum absolute atomic E-state index is 11.7. The van der Waals surface area contributed by atoms with Crippen molar-refractivity contribution >= 4 is 16.5 Å². The standard InChI is InChI=1S/C21H15N3O5/c1-27-15-9-11-16(12-10-15)28-20-19(24(25)26)21(23-13-22-20)29-18-8-4-6-14-5-2-3-7-17(14)18/h2-13H,1H3. The molecule has 1 aromatic heterocycles. The van der Waals surface area contributed by atoms with E-state index in [2.05, 4.69) is 9.97 Å². The maximum Gasteiger partial charge on any atom is 0.393 e. The molecule has 0 saturated heterocycles. The summed E-state index contributed by atoms with van der Waals surface area (Å²) in [6.45, 7) is 0. The molecule has 3 aromatic carbocycles. The fourth-order valence-corrected chi connectivity index (χ4v) is 2.80. The Labute approximate surface area is 165 Å². The van der Waals surface area contributed by atoms with Crippen LogP contribution in [0, 0.1) is 10.1 Å². The second-order valence-corrected chi connectivity index (χ2v) is 5.95. The minimum absolute atomic E-state index is 0.204. The topological polar surface area (TPSA) is 96.6 Å². The second-order valence-electron chi connectivity index (χ2n) is 5.95. The van der Waals surface area contributed by atoms with Crippen molar-refractivity contribution < 1.29 is 19.1 Å². The van der Waals surface area contributed by atoms with Gasteiger partial charge >= 0.3 is 17.4 Å². The Bertz CT molecular complexity index is 1170. The van der Waals surface area contributed by atoms with Crippen molar-refractivity contribution in [1.29, 1.82) is 0 Å². The van der Waals surface area contributed by atoms with Crippen molar-refractivity contribution in [1.82, 2.24) is 9.97 Å². The summed E-state index contributed by atoms with van der Waals surface area (Å²) in [6.07, 6.45) is 1.16. The van der Waals surface area contributed by atoms with E-state index in [1.165, 1.54) is 0 Å². The number of nitro groups is 1. The predicted octanol–water partition coefficient (Wildman–Crippen LogP) is 5.13. The van der Waals surface area contributed by atoms with E-state index in [0.717, 1.165) is 17.1 Å². The van der Waals surface area contributed by atoms with Crippen LogP contribution >= 0.6 is 0 Å². The zero-order chi connectivity index (χ0) is 20.2. The molecule has 29 heavy (non-hydrogen) atoms. The molecule has 0 saturated carbocycles. The van der Waals surface area contributed by atoms with Crippen LogP contribution in [0.1, 0.15) is 0 Å². The summed E-state index contributed by atoms with van der Waals surface area (Å²) < 4.78 is 16.5. The quantitative estimate of drug-likeness (QED) is 0.333. The molecule has 1 heterocycles. The maximum atomic E-state index is 11.7. The lowest BCUT2D eigenvalue weighted by Crippen LogP contribution is -2.01. The molecule has 0 aliphatic heterocycles. The first-order valence-electron chi connectivity index (χ1n) is 8.62. The van der Waals surface area contributed by atoms with Gasteiger partial charge in [0, 0.05) is 5.39 Å². The lowest BCUT2D eigenvalue weighted by Gasteiger charge is -2.10. The van der Waals surface area contributed by atoms with Gasteiger partial charge in [-0.1, -0.05) is 36.4 Å². The number of ether oxygens (including phenoxy) is 3. The van der Waals surface area contributed by atoms with E-state index in [0.29, 0.717) is 17.2 Å². The Hall–Kier alpha value is -4.20. The number of fused-ring (bicyclic) bond motifs is 1. The van der Waals surface area contributed by atoms with E-state index in [1.54, 1.807) is 43.5 Å². The molecule has 8 heteroatoms. The third kappa shape index (κ3) is 3.77. The van der Waals surface area contributed by atoms with Crippen LogP contribution in [-0.2, 0) is 0 Å². The van der Waals surface area contributed by atoms with Gasteiger partial charge in [-0.3, -0.25) is 10.1 Å². The molecule has 0 aliphatic rings. The Morgan fingerprint density at radius 3 is 2.21 bits per heavy atom. The van der Waals surface area contributed by atoms with Gasteiger partial charge < -0.3 is 14.2 Å². The van der Waals surface area contributed by atoms with Crippen LogP contribution < -0.4 is 14.2 Å². The van der Waals surface area contributed by atoms with Crippen molar-refractivity contribution in [2.45, 2.75) is 0 Å². The molecular formula is C21H15N3O5. The Morgan fingerprint density at radius 2 is 1.48 bits per heavy atom. The highest BCUT2D eigenvalue weighted by atomic mass is 16.6. The van der Waals surface area contributed by atoms with E-state index in [9.17, 15) is 10.1 Å². The minimum Gasteiger partial charge on any atom is -0.497 e. The van der Waals surface area contributed by atoms with Crippen LogP contribution in [0.5, 0.6) is 29.0 Å². The van der Waals surface area contributed by atoms with Gasteiger partial charge in [-0.25, -0.2) is 0 Å². The monoisotopic (exact) mass is 389 g/mol. The summed E-state index contributed by atoms with van der Waals surface area (Å²) in [7, 11) is 1.54. The largest absolute Gasteiger partial charge is 0.497 e. The average molecular weight is 389 g/mol. The summed E-state index contributed by atoms with van der Waals surface area (Å²) in [5.74, 6) is 1.02. The Kier molecular flexibility index (Phi) is 4.90. The van der Waals surface area contributed by atoms with Crippen molar-refractivity contribution in [3.05, 3.63) is 83.2 Å². The molecule has 0 fully saturated rings. The average Bonchev–Trinajstić information content (AvgIpc) is 2.74. The lowest BCUT2D eigenvalue weighted by atomic mass is 10.1. The summed E-state index contributed by atoms with van der Waals surface area (Å²) in [4.78, 5) is 19.0. The zero-order valence-corrected chi connectivity index (χ0v) is 15.3. The molecule has 0 aliphatic carbocycles. The Morgan fingerprint density at radius 1 is 0.828 bits per heavy atom. The number of rotatable bonds is 6. The number of benzene rings is 3. The molecular weight excluding hydrogens is 374 g/mol. The smallest absolute Gasteiger partial charge is 0.393 e. The third-order valence-corrected chi connectivity index (χ3v) is 4.17. The normalized spacial score (nSPS) is 10.5. The molecule has 0 N–H and O–H groups in total. The zero-order valence-electron chi connectivity index (χ0n) is 15.3. The van der Waals surface area contributed by atoms with E-state index < -0.39 is 10.6 Å². The van der Waals surface area contributed by atoms with Crippen molar-refractivity contribution in [2.24, 2.45) is 0 Å². The molecule has 8 nitrogen and oxygen atoms in total. The van der Waals surface area contributed by atoms with Crippen molar-refractivity contribution in [3.8, 4) is 29.0 Å². The minimum atomic E-state index is -0.626. The third-order valence-electron chi connectivity index (χ3n) is 4.17. The predicted molar refractivity (Wildman–Crippen MR) is 106 cm³/mol. The van der Waals surface area contributed by atoms with Gasteiger partial charge in [-0.15, -0.1) is 0 Å². The van der Waals surface area contributed by atoms with Gasteiger partial charge in [0.1, 0.15) is 23.6 Å². The number of hydrogen-bond donors (Lipinski definition) is 0. The molecule has 0 amide bonds. The Balaban J connectivity index is 1.72. The molecule has 0 unspecified atom stereocenters. The van der Waals surface area contributed by atoms with Gasteiger partial charge in [-0.05, 0) is 35.7 Å². The van der Waals surface area contributed by atoms with Crippen LogP contribution in [0.2, 0.25) is 0 Å².